The lowest BCUT2D eigenvalue weighted by Gasteiger charge is -2.47. The van der Waals surface area contributed by atoms with E-state index in [1.165, 1.54) is 102 Å². The molecule has 3 aliphatic rings. The molecule has 1 aromatic heterocycles. The zero-order chi connectivity index (χ0) is 34.6. The van der Waals surface area contributed by atoms with Crippen molar-refractivity contribution < 1.29 is 0 Å². The third-order valence-corrected chi connectivity index (χ3v) is 13.3. The van der Waals surface area contributed by atoms with Gasteiger partial charge in [0.25, 0.3) is 0 Å². The number of aromatic nitrogens is 1. The monoisotopic (exact) mass is 659 g/mol. The molecule has 3 aliphatic carbocycles. The fourth-order valence-electron chi connectivity index (χ4n) is 10.9. The van der Waals surface area contributed by atoms with Gasteiger partial charge in [0.15, 0.2) is 0 Å². The maximum absolute atomic E-state index is 2.56. The Labute approximate surface area is 302 Å². The van der Waals surface area contributed by atoms with E-state index in [9.17, 15) is 0 Å². The number of rotatable bonds is 3. The lowest BCUT2D eigenvalue weighted by atomic mass is 9.56. The van der Waals surface area contributed by atoms with E-state index in [0.717, 1.165) is 5.92 Å². The molecule has 1 fully saturated rings. The molecule has 51 heavy (non-hydrogen) atoms. The molecule has 0 N–H and O–H groups in total. The fraction of sp³-hybridized carbons (Fsp3) is 0.240. The molecule has 7 aromatic rings. The highest BCUT2D eigenvalue weighted by atomic mass is 15.0. The van der Waals surface area contributed by atoms with Crippen molar-refractivity contribution in [1.82, 2.24) is 4.57 Å². The summed E-state index contributed by atoms with van der Waals surface area (Å²) in [5.74, 6) is 1.29. The molecule has 1 heteroatoms. The lowest BCUT2D eigenvalue weighted by molar-refractivity contribution is 0.247. The van der Waals surface area contributed by atoms with E-state index in [-0.39, 0.29) is 10.8 Å². The van der Waals surface area contributed by atoms with Crippen LogP contribution in [0, 0.1) is 11.8 Å². The van der Waals surface area contributed by atoms with E-state index in [4.69, 9.17) is 0 Å². The summed E-state index contributed by atoms with van der Waals surface area (Å²) in [6, 6.07) is 48.8. The van der Waals surface area contributed by atoms with Crippen LogP contribution in [0.15, 0.2) is 139 Å². The van der Waals surface area contributed by atoms with Gasteiger partial charge in [0, 0.05) is 27.3 Å². The van der Waals surface area contributed by atoms with Crippen molar-refractivity contribution in [1.29, 1.82) is 0 Å². The van der Waals surface area contributed by atoms with Gasteiger partial charge in [0.1, 0.15) is 0 Å². The number of benzene rings is 6. The van der Waals surface area contributed by atoms with Crippen LogP contribution in [0.2, 0.25) is 0 Å². The van der Waals surface area contributed by atoms with Crippen LogP contribution >= 0.6 is 0 Å². The van der Waals surface area contributed by atoms with Gasteiger partial charge in [0.2, 0.25) is 0 Å². The van der Waals surface area contributed by atoms with Crippen LogP contribution in [0.4, 0.5) is 0 Å². The first kappa shape index (κ1) is 30.7. The number of para-hydroxylation sites is 1. The van der Waals surface area contributed by atoms with E-state index in [0.29, 0.717) is 5.92 Å². The maximum Gasteiger partial charge on any atom is 0.0541 e. The summed E-state index contributed by atoms with van der Waals surface area (Å²) in [7, 11) is 0. The van der Waals surface area contributed by atoms with Gasteiger partial charge in [-0.2, -0.15) is 0 Å². The molecule has 0 amide bonds. The number of nitrogens with zero attached hydrogens (tertiary/aromatic N) is 1. The van der Waals surface area contributed by atoms with Crippen molar-refractivity contribution in [2.75, 3.05) is 0 Å². The Bertz CT molecular complexity index is 2590. The van der Waals surface area contributed by atoms with Gasteiger partial charge in [0.05, 0.1) is 11.0 Å². The average Bonchev–Trinajstić information content (AvgIpc) is 3.74. The van der Waals surface area contributed by atoms with Gasteiger partial charge in [-0.05, 0) is 124 Å². The second-order valence-corrected chi connectivity index (χ2v) is 16.0. The summed E-state index contributed by atoms with van der Waals surface area (Å²) in [4.78, 5) is 0. The second kappa shape index (κ2) is 10.9. The zero-order valence-corrected chi connectivity index (χ0v) is 30.4. The van der Waals surface area contributed by atoms with E-state index in [1.54, 1.807) is 5.57 Å². The van der Waals surface area contributed by atoms with E-state index in [1.807, 2.05) is 0 Å². The largest absolute Gasteiger partial charge is 0.309 e. The van der Waals surface area contributed by atoms with Crippen LogP contribution in [0.25, 0.3) is 60.9 Å². The highest BCUT2D eigenvalue weighted by Gasteiger charge is 2.52. The molecule has 0 bridgehead atoms. The molecule has 10 rings (SSSR count). The second-order valence-electron chi connectivity index (χ2n) is 16.0. The molecule has 3 atom stereocenters. The van der Waals surface area contributed by atoms with Crippen LogP contribution in [-0.4, -0.2) is 4.57 Å². The molecular weight excluding hydrogens is 615 g/mol. The van der Waals surface area contributed by atoms with Crippen molar-refractivity contribution >= 4 is 21.8 Å². The summed E-state index contributed by atoms with van der Waals surface area (Å²) >= 11 is 0. The Morgan fingerprint density at radius 3 is 2.08 bits per heavy atom. The number of hydrogen-bond acceptors (Lipinski definition) is 0. The Morgan fingerprint density at radius 1 is 0.627 bits per heavy atom. The minimum absolute atomic E-state index is 0.00317. The first-order valence-electron chi connectivity index (χ1n) is 19.0. The minimum atomic E-state index is -0.0662. The summed E-state index contributed by atoms with van der Waals surface area (Å²) in [6.45, 7) is 11.9. The average molecular weight is 660 g/mol. The number of hydrogen-bond donors (Lipinski definition) is 0. The van der Waals surface area contributed by atoms with Crippen LogP contribution in [0.5, 0.6) is 0 Å². The van der Waals surface area contributed by atoms with E-state index in [2.05, 4.69) is 173 Å². The van der Waals surface area contributed by atoms with Gasteiger partial charge in [-0.25, -0.2) is 0 Å². The molecule has 0 saturated heterocycles. The highest BCUT2D eigenvalue weighted by molar-refractivity contribution is 6.10. The predicted molar refractivity (Wildman–Crippen MR) is 216 cm³/mol. The zero-order valence-electron chi connectivity index (χ0n) is 30.4. The minimum Gasteiger partial charge on any atom is -0.309 e. The van der Waals surface area contributed by atoms with Crippen LogP contribution in [0.1, 0.15) is 76.1 Å². The fourth-order valence-corrected chi connectivity index (χ4v) is 10.9. The Kier molecular flexibility index (Phi) is 6.57. The third-order valence-electron chi connectivity index (χ3n) is 13.3. The molecule has 1 nitrogen and oxygen atoms in total. The SMILES string of the molecule is C/C=C1\CC(CC)CC(C)C12c1ccccc1-c1ccc(-c3ccc4c(c3)c3ccccc3n4-c3ccc4c(c3)-c3ccccc3C4(C)C)cc12. The van der Waals surface area contributed by atoms with Crippen LogP contribution in [0.3, 0.4) is 0 Å². The summed E-state index contributed by atoms with van der Waals surface area (Å²) in [6.07, 6.45) is 6.16. The summed E-state index contributed by atoms with van der Waals surface area (Å²) in [5, 5.41) is 2.59. The molecule has 1 saturated carbocycles. The topological polar surface area (TPSA) is 4.93 Å². The Hall–Kier alpha value is -5.14. The molecule has 1 spiro atoms. The molecule has 1 heterocycles. The first-order valence-corrected chi connectivity index (χ1v) is 19.0. The van der Waals surface area contributed by atoms with Gasteiger partial charge in [-0.1, -0.05) is 137 Å². The van der Waals surface area contributed by atoms with Crippen molar-refractivity contribution in [3.8, 4) is 39.1 Å². The molecule has 0 aliphatic heterocycles. The molecule has 0 radical (unpaired) electrons. The van der Waals surface area contributed by atoms with Crippen molar-refractivity contribution in [3.05, 3.63) is 161 Å². The number of allylic oxidation sites excluding steroid dienone is 2. The third kappa shape index (κ3) is 4.04. The van der Waals surface area contributed by atoms with Crippen LogP contribution < -0.4 is 0 Å². The Morgan fingerprint density at radius 2 is 1.27 bits per heavy atom. The highest BCUT2D eigenvalue weighted by Crippen LogP contribution is 2.61. The Balaban J connectivity index is 1.14. The van der Waals surface area contributed by atoms with Crippen molar-refractivity contribution in [3.63, 3.8) is 0 Å². The van der Waals surface area contributed by atoms with Crippen molar-refractivity contribution in [2.45, 2.75) is 64.7 Å². The maximum atomic E-state index is 2.56. The molecule has 3 unspecified atom stereocenters. The molecule has 6 aromatic carbocycles. The van der Waals surface area contributed by atoms with Crippen molar-refractivity contribution in [2.24, 2.45) is 11.8 Å². The van der Waals surface area contributed by atoms with Gasteiger partial charge in [-0.15, -0.1) is 0 Å². The van der Waals surface area contributed by atoms with E-state index >= 15 is 0 Å². The normalized spacial score (nSPS) is 22.0. The summed E-state index contributed by atoms with van der Waals surface area (Å²) in [5.41, 5.74) is 19.2. The standard InChI is InChI=1S/C50H45N/c1-6-32-26-31(3)50(35(7-2)27-32)45-18-12-9-14-37(45)39-23-20-34(29-46(39)50)33-21-25-48-42(28-33)40-16-10-13-19-47(40)51(48)36-22-24-44-41(30-36)38-15-8-11-17-43(38)49(44,4)5/h7-25,28-32H,6,26-27H2,1-5H3/b35-7+. The molecular formula is C50H45N. The van der Waals surface area contributed by atoms with Gasteiger partial charge in [-0.3, -0.25) is 0 Å². The van der Waals surface area contributed by atoms with Gasteiger partial charge >= 0.3 is 0 Å². The smallest absolute Gasteiger partial charge is 0.0541 e. The molecule has 250 valence electrons. The van der Waals surface area contributed by atoms with E-state index < -0.39 is 0 Å². The van der Waals surface area contributed by atoms with Gasteiger partial charge < -0.3 is 4.57 Å². The quantitative estimate of drug-likeness (QED) is 0.166. The lowest BCUT2D eigenvalue weighted by Crippen LogP contribution is -2.41. The number of fused-ring (bicyclic) bond motifs is 11. The first-order chi connectivity index (χ1) is 24.9. The van der Waals surface area contributed by atoms with Crippen LogP contribution in [-0.2, 0) is 10.8 Å². The predicted octanol–water partition coefficient (Wildman–Crippen LogP) is 13.4. The summed E-state index contributed by atoms with van der Waals surface area (Å²) < 4.78 is 2.48.